The molecule has 0 saturated heterocycles. The van der Waals surface area contributed by atoms with Gasteiger partial charge in [-0.15, -0.1) is 0 Å². The Bertz CT molecular complexity index is 619. The zero-order valence-electron chi connectivity index (χ0n) is 12.9. The van der Waals surface area contributed by atoms with Gasteiger partial charge >= 0.3 is 0 Å². The Labute approximate surface area is 130 Å². The number of rotatable bonds is 5. The van der Waals surface area contributed by atoms with E-state index in [1.807, 2.05) is 12.3 Å². The van der Waals surface area contributed by atoms with Gasteiger partial charge in [0.15, 0.2) is 5.16 Å². The van der Waals surface area contributed by atoms with Crippen LogP contribution in [-0.2, 0) is 4.79 Å². The Hall–Kier alpha value is -1.75. The Morgan fingerprint density at radius 2 is 2.05 bits per heavy atom. The third-order valence-corrected chi connectivity index (χ3v) is 4.20. The number of hydrogen-bond acceptors (Lipinski definition) is 3. The summed E-state index contributed by atoms with van der Waals surface area (Å²) >= 11 is 1.47. The molecule has 2 rings (SSSR count). The number of aromatic nitrogens is 2. The van der Waals surface area contributed by atoms with Crippen LogP contribution in [0.15, 0.2) is 41.8 Å². The lowest BCUT2D eigenvalue weighted by Gasteiger charge is -2.15. The second-order valence-corrected chi connectivity index (χ2v) is 6.31. The van der Waals surface area contributed by atoms with Gasteiger partial charge in [0.05, 0.1) is 11.4 Å². The van der Waals surface area contributed by atoms with Crippen LogP contribution in [0.5, 0.6) is 0 Å². The first-order valence-corrected chi connectivity index (χ1v) is 7.95. The number of carbonyl (C=O) groups is 1. The van der Waals surface area contributed by atoms with Crippen molar-refractivity contribution in [2.45, 2.75) is 24.9 Å². The molecule has 2 aromatic rings. The maximum absolute atomic E-state index is 11.7. The summed E-state index contributed by atoms with van der Waals surface area (Å²) in [6.07, 6.45) is 3.73. The molecule has 0 N–H and O–H groups in total. The second kappa shape index (κ2) is 6.80. The number of benzene rings is 1. The van der Waals surface area contributed by atoms with E-state index in [1.54, 1.807) is 25.2 Å². The van der Waals surface area contributed by atoms with Crippen LogP contribution in [0.1, 0.15) is 25.3 Å². The quantitative estimate of drug-likeness (QED) is 0.796. The van der Waals surface area contributed by atoms with Crippen LogP contribution in [-0.4, -0.2) is 40.2 Å². The topological polar surface area (TPSA) is 38.1 Å². The van der Waals surface area contributed by atoms with Gasteiger partial charge in [-0.3, -0.25) is 9.36 Å². The Balaban J connectivity index is 2.27. The van der Waals surface area contributed by atoms with Crippen LogP contribution >= 0.6 is 11.8 Å². The first-order valence-electron chi connectivity index (χ1n) is 6.96. The van der Waals surface area contributed by atoms with Crippen molar-refractivity contribution >= 4 is 17.7 Å². The summed E-state index contributed by atoms with van der Waals surface area (Å²) in [5.74, 6) is 0.921. The first kappa shape index (κ1) is 15.6. The van der Waals surface area contributed by atoms with E-state index in [1.165, 1.54) is 17.3 Å². The molecular weight excluding hydrogens is 282 g/mol. The lowest BCUT2D eigenvalue weighted by Crippen LogP contribution is -2.23. The fourth-order valence-electron chi connectivity index (χ4n) is 2.03. The largest absolute Gasteiger partial charge is 0.348 e. The van der Waals surface area contributed by atoms with E-state index in [4.69, 9.17) is 0 Å². The highest BCUT2D eigenvalue weighted by Crippen LogP contribution is 2.27. The van der Waals surface area contributed by atoms with Gasteiger partial charge < -0.3 is 4.90 Å². The Morgan fingerprint density at radius 1 is 1.33 bits per heavy atom. The maximum Gasteiger partial charge on any atom is 0.232 e. The Kier molecular flexibility index (Phi) is 5.07. The molecule has 112 valence electrons. The molecule has 5 heteroatoms. The molecule has 1 aromatic heterocycles. The van der Waals surface area contributed by atoms with Gasteiger partial charge in [-0.05, 0) is 17.5 Å². The molecule has 0 unspecified atom stereocenters. The van der Waals surface area contributed by atoms with Crippen LogP contribution in [0.3, 0.4) is 0 Å². The van der Waals surface area contributed by atoms with Crippen molar-refractivity contribution < 1.29 is 4.79 Å². The zero-order valence-corrected chi connectivity index (χ0v) is 13.7. The number of hydrogen-bond donors (Lipinski definition) is 0. The van der Waals surface area contributed by atoms with Gasteiger partial charge in [0.1, 0.15) is 0 Å². The maximum atomic E-state index is 11.7. The normalized spacial score (nSPS) is 10.9. The van der Waals surface area contributed by atoms with Gasteiger partial charge in [-0.25, -0.2) is 4.98 Å². The molecule has 0 aliphatic rings. The molecule has 1 heterocycles. The molecule has 1 amide bonds. The van der Waals surface area contributed by atoms with E-state index >= 15 is 0 Å². The highest BCUT2D eigenvalue weighted by molar-refractivity contribution is 7.99. The number of thioether (sulfide) groups is 1. The number of carbonyl (C=O) groups excluding carboxylic acids is 1. The van der Waals surface area contributed by atoms with Crippen LogP contribution in [0.4, 0.5) is 0 Å². The molecule has 0 spiro atoms. The van der Waals surface area contributed by atoms with Crippen molar-refractivity contribution in [3.8, 4) is 5.69 Å². The molecule has 0 aliphatic carbocycles. The van der Waals surface area contributed by atoms with Gasteiger partial charge in [0, 0.05) is 26.5 Å². The summed E-state index contributed by atoms with van der Waals surface area (Å²) in [6.45, 7) is 4.36. The summed E-state index contributed by atoms with van der Waals surface area (Å²) in [5.41, 5.74) is 2.40. The van der Waals surface area contributed by atoms with Crippen molar-refractivity contribution in [1.29, 1.82) is 0 Å². The molecule has 0 atom stereocenters. The summed E-state index contributed by atoms with van der Waals surface area (Å²) < 4.78 is 2.06. The highest BCUT2D eigenvalue weighted by Gasteiger charge is 2.13. The van der Waals surface area contributed by atoms with Gasteiger partial charge in [0.25, 0.3) is 0 Å². The molecule has 0 saturated carbocycles. The van der Waals surface area contributed by atoms with E-state index in [0.29, 0.717) is 11.7 Å². The molecular formula is C16H21N3OS. The minimum Gasteiger partial charge on any atom is -0.348 e. The fraction of sp³-hybridized carbons (Fsp3) is 0.375. The van der Waals surface area contributed by atoms with E-state index in [2.05, 4.69) is 41.6 Å². The second-order valence-electron chi connectivity index (χ2n) is 5.37. The smallest absolute Gasteiger partial charge is 0.232 e. The molecule has 0 aliphatic heterocycles. The number of para-hydroxylation sites is 1. The lowest BCUT2D eigenvalue weighted by molar-refractivity contribution is -0.125. The minimum absolute atomic E-state index is 0.0895. The molecule has 21 heavy (non-hydrogen) atoms. The van der Waals surface area contributed by atoms with E-state index in [9.17, 15) is 4.79 Å². The summed E-state index contributed by atoms with van der Waals surface area (Å²) in [7, 11) is 3.53. The highest BCUT2D eigenvalue weighted by atomic mass is 32.2. The third kappa shape index (κ3) is 3.67. The Morgan fingerprint density at radius 3 is 2.71 bits per heavy atom. The van der Waals surface area contributed by atoms with Crippen LogP contribution in [0, 0.1) is 0 Å². The van der Waals surface area contributed by atoms with Gasteiger partial charge in [-0.2, -0.15) is 0 Å². The predicted octanol–water partition coefficient (Wildman–Crippen LogP) is 3.18. The average molecular weight is 303 g/mol. The monoisotopic (exact) mass is 303 g/mol. The average Bonchev–Trinajstić information content (AvgIpc) is 2.92. The van der Waals surface area contributed by atoms with E-state index < -0.39 is 0 Å². The lowest BCUT2D eigenvalue weighted by atomic mass is 10.0. The summed E-state index contributed by atoms with van der Waals surface area (Å²) in [6, 6.07) is 8.31. The number of nitrogens with zero attached hydrogens (tertiary/aromatic N) is 3. The fourth-order valence-corrected chi connectivity index (χ4v) is 2.97. The first-order chi connectivity index (χ1) is 10.0. The van der Waals surface area contributed by atoms with E-state index in [-0.39, 0.29) is 5.91 Å². The van der Waals surface area contributed by atoms with Crippen molar-refractivity contribution in [3.63, 3.8) is 0 Å². The van der Waals surface area contributed by atoms with Crippen LogP contribution in [0.2, 0.25) is 0 Å². The predicted molar refractivity (Wildman–Crippen MR) is 87.1 cm³/mol. The molecule has 0 fully saturated rings. The minimum atomic E-state index is 0.0895. The van der Waals surface area contributed by atoms with Gasteiger partial charge in [-0.1, -0.05) is 43.8 Å². The van der Waals surface area contributed by atoms with Crippen molar-refractivity contribution in [1.82, 2.24) is 14.5 Å². The summed E-state index contributed by atoms with van der Waals surface area (Å²) in [4.78, 5) is 17.7. The standard InChI is InChI=1S/C16H21N3OS/c1-12(2)13-7-5-6-8-14(13)19-10-9-17-16(19)21-11-15(20)18(3)4/h5-10,12H,11H2,1-4H3. The molecule has 0 radical (unpaired) electrons. The van der Waals surface area contributed by atoms with Crippen LogP contribution in [0.25, 0.3) is 5.69 Å². The van der Waals surface area contributed by atoms with Crippen LogP contribution < -0.4 is 0 Å². The molecule has 0 bridgehead atoms. The summed E-state index contributed by atoms with van der Waals surface area (Å²) in [5, 5.41) is 0.846. The third-order valence-electron chi connectivity index (χ3n) is 3.25. The van der Waals surface area contributed by atoms with Crippen molar-refractivity contribution in [2.24, 2.45) is 0 Å². The van der Waals surface area contributed by atoms with Crippen molar-refractivity contribution in [2.75, 3.05) is 19.8 Å². The molecule has 1 aromatic carbocycles. The number of imidazole rings is 1. The zero-order chi connectivity index (χ0) is 15.4. The molecule has 4 nitrogen and oxygen atoms in total. The van der Waals surface area contributed by atoms with Gasteiger partial charge in [0.2, 0.25) is 5.91 Å². The SMILES string of the molecule is CC(C)c1ccccc1-n1ccnc1SCC(=O)N(C)C. The van der Waals surface area contributed by atoms with E-state index in [0.717, 1.165) is 10.8 Å². The van der Waals surface area contributed by atoms with Crippen molar-refractivity contribution in [3.05, 3.63) is 42.2 Å². The number of amides is 1.